The van der Waals surface area contributed by atoms with Crippen molar-refractivity contribution in [2.45, 2.75) is 52.5 Å². The Labute approximate surface area is 231 Å². The summed E-state index contributed by atoms with van der Waals surface area (Å²) in [6.07, 6.45) is 6.18. The fourth-order valence-electron chi connectivity index (χ4n) is 4.86. The van der Waals surface area contributed by atoms with Crippen LogP contribution in [-0.4, -0.2) is 35.7 Å². The van der Waals surface area contributed by atoms with Crippen molar-refractivity contribution in [3.63, 3.8) is 0 Å². The van der Waals surface area contributed by atoms with Crippen LogP contribution in [0.25, 0.3) is 11.0 Å². The molecule has 204 valence electrons. The normalized spacial score (nSPS) is 10.9. The third-order valence-corrected chi connectivity index (χ3v) is 6.86. The standard InChI is InChI=1S/C33H39N3O3/c1-5-11-26-16-18-30(31(23-26)38-4)39-21-9-8-20-36-29-13-7-6-12-28(29)35-32(36)14-10-19-34-33(37)27-17-15-24(2)22-25(27)3/h5-7,12-13,15-18,22-23H,1,8-11,14,19-21H2,2-4H3,(H,34,37). The molecule has 0 fully saturated rings. The summed E-state index contributed by atoms with van der Waals surface area (Å²) in [4.78, 5) is 17.5. The highest BCUT2D eigenvalue weighted by atomic mass is 16.5. The highest BCUT2D eigenvalue weighted by molar-refractivity contribution is 5.95. The molecule has 4 aromatic rings. The van der Waals surface area contributed by atoms with E-state index in [2.05, 4.69) is 34.7 Å². The van der Waals surface area contributed by atoms with E-state index in [1.807, 2.05) is 62.4 Å². The molecule has 0 saturated carbocycles. The van der Waals surface area contributed by atoms with Crippen LogP contribution >= 0.6 is 0 Å². The molecule has 6 nitrogen and oxygen atoms in total. The molecule has 1 heterocycles. The lowest BCUT2D eigenvalue weighted by molar-refractivity contribution is 0.0952. The second-order valence-electron chi connectivity index (χ2n) is 9.88. The Morgan fingerprint density at radius 2 is 1.87 bits per heavy atom. The van der Waals surface area contributed by atoms with Gasteiger partial charge in [-0.25, -0.2) is 4.98 Å². The van der Waals surface area contributed by atoms with Gasteiger partial charge in [-0.15, -0.1) is 6.58 Å². The number of nitrogens with one attached hydrogen (secondary N) is 1. The molecule has 1 aromatic heterocycles. The zero-order valence-electron chi connectivity index (χ0n) is 23.3. The molecule has 4 rings (SSSR count). The lowest BCUT2D eigenvalue weighted by atomic mass is 10.1. The molecule has 1 amide bonds. The average molecular weight is 526 g/mol. The van der Waals surface area contributed by atoms with Crippen LogP contribution in [0.3, 0.4) is 0 Å². The molecule has 0 radical (unpaired) electrons. The van der Waals surface area contributed by atoms with Crippen molar-refractivity contribution in [3.8, 4) is 11.5 Å². The smallest absolute Gasteiger partial charge is 0.251 e. The number of imidazole rings is 1. The van der Waals surface area contributed by atoms with E-state index in [4.69, 9.17) is 14.5 Å². The van der Waals surface area contributed by atoms with Crippen LogP contribution in [0.1, 0.15) is 52.1 Å². The van der Waals surface area contributed by atoms with Crippen molar-refractivity contribution in [2.75, 3.05) is 20.3 Å². The minimum Gasteiger partial charge on any atom is -0.493 e. The van der Waals surface area contributed by atoms with Gasteiger partial charge in [-0.2, -0.15) is 0 Å². The lowest BCUT2D eigenvalue weighted by Crippen LogP contribution is -2.25. The maximum Gasteiger partial charge on any atom is 0.251 e. The summed E-state index contributed by atoms with van der Waals surface area (Å²) in [5.74, 6) is 2.55. The number of aromatic nitrogens is 2. The van der Waals surface area contributed by atoms with Gasteiger partial charge in [-0.3, -0.25) is 4.79 Å². The van der Waals surface area contributed by atoms with Gasteiger partial charge in [0.2, 0.25) is 0 Å². The summed E-state index contributed by atoms with van der Waals surface area (Å²) in [5.41, 5.74) is 6.20. The number of unbranched alkanes of at least 4 members (excludes halogenated alkanes) is 1. The van der Waals surface area contributed by atoms with Crippen molar-refractivity contribution >= 4 is 16.9 Å². The molecule has 0 saturated heterocycles. The van der Waals surface area contributed by atoms with Crippen LogP contribution in [-0.2, 0) is 19.4 Å². The number of ether oxygens (including phenoxy) is 2. The summed E-state index contributed by atoms with van der Waals surface area (Å²) < 4.78 is 13.9. The number of benzene rings is 3. The summed E-state index contributed by atoms with van der Waals surface area (Å²) in [6.45, 7) is 9.90. The van der Waals surface area contributed by atoms with E-state index in [1.165, 1.54) is 0 Å². The number of amides is 1. The molecule has 1 N–H and O–H groups in total. The topological polar surface area (TPSA) is 65.4 Å². The molecule has 0 aliphatic heterocycles. The second-order valence-corrected chi connectivity index (χ2v) is 9.88. The predicted octanol–water partition coefficient (Wildman–Crippen LogP) is 6.61. The minimum absolute atomic E-state index is 0.0204. The highest BCUT2D eigenvalue weighted by Gasteiger charge is 2.12. The van der Waals surface area contributed by atoms with Crippen molar-refractivity contribution in [1.29, 1.82) is 0 Å². The summed E-state index contributed by atoms with van der Waals surface area (Å²) >= 11 is 0. The van der Waals surface area contributed by atoms with E-state index < -0.39 is 0 Å². The number of para-hydroxylation sites is 2. The maximum absolute atomic E-state index is 12.6. The van der Waals surface area contributed by atoms with E-state index in [0.717, 1.165) is 89.3 Å². The molecule has 0 spiro atoms. The Hall–Kier alpha value is -4.06. The summed E-state index contributed by atoms with van der Waals surface area (Å²) in [7, 11) is 1.67. The minimum atomic E-state index is -0.0204. The number of rotatable bonds is 14. The van der Waals surface area contributed by atoms with Gasteiger partial charge in [0.1, 0.15) is 5.82 Å². The fourth-order valence-corrected chi connectivity index (χ4v) is 4.86. The molecule has 0 bridgehead atoms. The zero-order chi connectivity index (χ0) is 27.6. The van der Waals surface area contributed by atoms with E-state index in [1.54, 1.807) is 7.11 Å². The Kier molecular flexibility index (Phi) is 9.79. The maximum atomic E-state index is 12.6. The second kappa shape index (κ2) is 13.7. The van der Waals surface area contributed by atoms with Gasteiger partial charge >= 0.3 is 0 Å². The number of fused-ring (bicyclic) bond motifs is 1. The van der Waals surface area contributed by atoms with Gasteiger partial charge < -0.3 is 19.4 Å². The number of hydrogen-bond acceptors (Lipinski definition) is 4. The van der Waals surface area contributed by atoms with Gasteiger partial charge in [0.15, 0.2) is 11.5 Å². The van der Waals surface area contributed by atoms with E-state index in [9.17, 15) is 4.79 Å². The van der Waals surface area contributed by atoms with Crippen LogP contribution < -0.4 is 14.8 Å². The Morgan fingerprint density at radius 3 is 2.67 bits per heavy atom. The van der Waals surface area contributed by atoms with Gasteiger partial charge in [-0.05, 0) is 81.0 Å². The van der Waals surface area contributed by atoms with Crippen LogP contribution in [0, 0.1) is 13.8 Å². The number of carbonyl (C=O) groups is 1. The molecule has 0 atom stereocenters. The zero-order valence-corrected chi connectivity index (χ0v) is 23.3. The number of aryl methyl sites for hydroxylation is 4. The molecular weight excluding hydrogens is 486 g/mol. The van der Waals surface area contributed by atoms with Gasteiger partial charge in [0.05, 0.1) is 24.8 Å². The first-order chi connectivity index (χ1) is 19.0. The number of carbonyl (C=O) groups excluding carboxylic acids is 1. The third kappa shape index (κ3) is 7.29. The van der Waals surface area contributed by atoms with E-state index in [-0.39, 0.29) is 5.91 Å². The monoisotopic (exact) mass is 525 g/mol. The molecule has 39 heavy (non-hydrogen) atoms. The van der Waals surface area contributed by atoms with Crippen molar-refractivity contribution < 1.29 is 14.3 Å². The molecule has 6 heteroatoms. The predicted molar refractivity (Wildman–Crippen MR) is 158 cm³/mol. The molecular formula is C33H39N3O3. The first kappa shape index (κ1) is 28.0. The Morgan fingerprint density at radius 1 is 1.03 bits per heavy atom. The van der Waals surface area contributed by atoms with Crippen LogP contribution in [0.2, 0.25) is 0 Å². The van der Waals surface area contributed by atoms with Gasteiger partial charge in [0.25, 0.3) is 5.91 Å². The van der Waals surface area contributed by atoms with Crippen molar-refractivity contribution in [2.24, 2.45) is 0 Å². The van der Waals surface area contributed by atoms with Gasteiger partial charge in [-0.1, -0.05) is 42.0 Å². The number of methoxy groups -OCH3 is 1. The van der Waals surface area contributed by atoms with Crippen LogP contribution in [0.4, 0.5) is 0 Å². The summed E-state index contributed by atoms with van der Waals surface area (Å²) in [6, 6.07) is 20.2. The average Bonchev–Trinajstić information content (AvgIpc) is 3.28. The molecule has 0 unspecified atom stereocenters. The Bertz CT molecular complexity index is 1420. The molecule has 0 aliphatic rings. The molecule has 0 aliphatic carbocycles. The summed E-state index contributed by atoms with van der Waals surface area (Å²) in [5, 5.41) is 3.07. The lowest BCUT2D eigenvalue weighted by Gasteiger charge is -2.13. The van der Waals surface area contributed by atoms with Crippen LogP contribution in [0.5, 0.6) is 11.5 Å². The van der Waals surface area contributed by atoms with Crippen molar-refractivity contribution in [1.82, 2.24) is 14.9 Å². The third-order valence-electron chi connectivity index (χ3n) is 6.86. The highest BCUT2D eigenvalue weighted by Crippen LogP contribution is 2.28. The van der Waals surface area contributed by atoms with E-state index >= 15 is 0 Å². The first-order valence-corrected chi connectivity index (χ1v) is 13.7. The molecule has 3 aromatic carbocycles. The SMILES string of the molecule is C=CCc1ccc(OCCCCn2c(CCCNC(=O)c3ccc(C)cc3C)nc3ccccc32)c(OC)c1. The quantitative estimate of drug-likeness (QED) is 0.149. The number of hydrogen-bond donors (Lipinski definition) is 1. The number of allylic oxidation sites excluding steroid dienone is 1. The first-order valence-electron chi connectivity index (χ1n) is 13.7. The number of nitrogens with zero attached hydrogens (tertiary/aromatic N) is 2. The van der Waals surface area contributed by atoms with Gasteiger partial charge in [0, 0.05) is 25.1 Å². The van der Waals surface area contributed by atoms with Crippen LogP contribution in [0.15, 0.2) is 73.3 Å². The van der Waals surface area contributed by atoms with E-state index in [0.29, 0.717) is 13.2 Å². The Balaban J connectivity index is 1.30. The fraction of sp³-hybridized carbons (Fsp3) is 0.333. The largest absolute Gasteiger partial charge is 0.493 e. The van der Waals surface area contributed by atoms with Crippen molar-refractivity contribution in [3.05, 3.63) is 101 Å².